The molecule has 0 aromatic heterocycles. The van der Waals surface area contributed by atoms with Gasteiger partial charge in [-0.1, -0.05) is 45.7 Å². The highest BCUT2D eigenvalue weighted by Crippen LogP contribution is 2.10. The van der Waals surface area contributed by atoms with Gasteiger partial charge in [0.2, 0.25) is 0 Å². The Hall–Kier alpha value is 0.430. The minimum Gasteiger partial charge on any atom is -0.464 e. The molecule has 0 fully saturated rings. The lowest BCUT2D eigenvalue weighted by atomic mass is 10.2. The van der Waals surface area contributed by atoms with Crippen molar-refractivity contribution in [1.29, 1.82) is 0 Å². The number of esters is 1. The summed E-state index contributed by atoms with van der Waals surface area (Å²) in [6, 6.07) is 0. The molecular weight excluding hydrogens is 264 g/mol. The van der Waals surface area contributed by atoms with E-state index in [9.17, 15) is 4.79 Å². The third-order valence-corrected chi connectivity index (χ3v) is 1.48. The lowest BCUT2D eigenvalue weighted by molar-refractivity contribution is -0.141. The van der Waals surface area contributed by atoms with Gasteiger partial charge in [0.1, 0.15) is 0 Å². The average molecular weight is 274 g/mol. The third kappa shape index (κ3) is 5.23. The standard InChI is InChI=1S/C6H10Br2O2/c1-4(2)3-10-6(9)5(7)8/h4-5H,3H2,1-2H3. The van der Waals surface area contributed by atoms with Crippen LogP contribution in [0.2, 0.25) is 0 Å². The first-order valence-corrected chi connectivity index (χ1v) is 4.82. The SMILES string of the molecule is CC(C)COC(=O)C(Br)Br. The minimum absolute atomic E-state index is 0.270. The van der Waals surface area contributed by atoms with Gasteiger partial charge in [-0.3, -0.25) is 0 Å². The fourth-order valence-corrected chi connectivity index (χ4v) is 0.576. The molecule has 0 aromatic rings. The van der Waals surface area contributed by atoms with E-state index in [1.54, 1.807) is 0 Å². The maximum Gasteiger partial charge on any atom is 0.330 e. The van der Waals surface area contributed by atoms with Gasteiger partial charge >= 0.3 is 5.97 Å². The Balaban J connectivity index is 3.40. The molecule has 0 spiro atoms. The molecule has 0 amide bonds. The largest absolute Gasteiger partial charge is 0.464 e. The Bertz CT molecular complexity index is 112. The molecule has 0 radical (unpaired) electrons. The quantitative estimate of drug-likeness (QED) is 0.583. The van der Waals surface area contributed by atoms with Gasteiger partial charge in [-0.25, -0.2) is 4.79 Å². The van der Waals surface area contributed by atoms with Crippen molar-refractivity contribution in [1.82, 2.24) is 0 Å². The summed E-state index contributed by atoms with van der Waals surface area (Å²) in [5.74, 6) is 0.122. The molecule has 60 valence electrons. The predicted molar refractivity (Wildman–Crippen MR) is 47.4 cm³/mol. The van der Waals surface area contributed by atoms with Gasteiger partial charge in [0.25, 0.3) is 0 Å². The molecule has 0 atom stereocenters. The van der Waals surface area contributed by atoms with Gasteiger partial charge in [-0.15, -0.1) is 0 Å². The zero-order valence-electron chi connectivity index (χ0n) is 5.93. The molecule has 0 aliphatic rings. The summed E-state index contributed by atoms with van der Waals surface area (Å²) in [4.78, 5) is 10.7. The van der Waals surface area contributed by atoms with Crippen molar-refractivity contribution in [3.05, 3.63) is 0 Å². The number of rotatable bonds is 3. The van der Waals surface area contributed by atoms with Crippen molar-refractivity contribution in [2.75, 3.05) is 6.61 Å². The minimum atomic E-state index is -0.376. The summed E-state index contributed by atoms with van der Waals surface area (Å²) in [6.45, 7) is 4.46. The number of carbonyl (C=O) groups excluding carboxylic acids is 1. The Labute approximate surface area is 77.6 Å². The van der Waals surface area contributed by atoms with Crippen molar-refractivity contribution in [2.24, 2.45) is 5.92 Å². The molecular formula is C6H10Br2O2. The van der Waals surface area contributed by atoms with Crippen LogP contribution in [0.1, 0.15) is 13.8 Å². The van der Waals surface area contributed by atoms with Crippen molar-refractivity contribution in [2.45, 2.75) is 17.6 Å². The van der Waals surface area contributed by atoms with E-state index in [2.05, 4.69) is 31.9 Å². The first-order chi connectivity index (χ1) is 4.54. The van der Waals surface area contributed by atoms with Gasteiger partial charge in [0.15, 0.2) is 3.74 Å². The van der Waals surface area contributed by atoms with E-state index in [-0.39, 0.29) is 9.71 Å². The molecule has 0 unspecified atom stereocenters. The number of halogens is 2. The average Bonchev–Trinajstić information content (AvgIpc) is 1.82. The van der Waals surface area contributed by atoms with Gasteiger partial charge in [-0.2, -0.15) is 0 Å². The molecule has 0 aliphatic carbocycles. The normalized spacial score (nSPS) is 10.6. The number of alkyl halides is 2. The molecule has 0 rings (SSSR count). The Morgan fingerprint density at radius 2 is 2.00 bits per heavy atom. The Morgan fingerprint density at radius 3 is 2.30 bits per heavy atom. The molecule has 0 saturated carbocycles. The third-order valence-electron chi connectivity index (χ3n) is 0.737. The number of hydrogen-bond acceptors (Lipinski definition) is 2. The van der Waals surface area contributed by atoms with Crippen LogP contribution in [0.4, 0.5) is 0 Å². The van der Waals surface area contributed by atoms with E-state index in [1.807, 2.05) is 13.8 Å². The van der Waals surface area contributed by atoms with Crippen molar-refractivity contribution in [3.8, 4) is 0 Å². The van der Waals surface area contributed by atoms with Crippen LogP contribution in [0.25, 0.3) is 0 Å². The highest BCUT2D eigenvalue weighted by Gasteiger charge is 2.11. The molecule has 0 saturated heterocycles. The molecule has 0 bridgehead atoms. The molecule has 0 heterocycles. The van der Waals surface area contributed by atoms with Crippen molar-refractivity contribution >= 4 is 37.8 Å². The van der Waals surface area contributed by atoms with Crippen LogP contribution < -0.4 is 0 Å². The maximum absolute atomic E-state index is 10.7. The van der Waals surface area contributed by atoms with Crippen LogP contribution in [0, 0.1) is 5.92 Å². The molecule has 10 heavy (non-hydrogen) atoms. The van der Waals surface area contributed by atoms with E-state index in [4.69, 9.17) is 4.74 Å². The Morgan fingerprint density at radius 1 is 1.50 bits per heavy atom. The van der Waals surface area contributed by atoms with Gasteiger partial charge in [0, 0.05) is 0 Å². The number of carbonyl (C=O) groups is 1. The second kappa shape index (κ2) is 5.13. The highest BCUT2D eigenvalue weighted by molar-refractivity contribution is 9.25. The second-order valence-electron chi connectivity index (χ2n) is 2.32. The fraction of sp³-hybridized carbons (Fsp3) is 0.833. The van der Waals surface area contributed by atoms with Gasteiger partial charge in [0.05, 0.1) is 6.61 Å². The zero-order chi connectivity index (χ0) is 8.15. The van der Waals surface area contributed by atoms with Crippen LogP contribution >= 0.6 is 31.9 Å². The van der Waals surface area contributed by atoms with Gasteiger partial charge in [-0.05, 0) is 5.92 Å². The van der Waals surface area contributed by atoms with Crippen LogP contribution in [0.15, 0.2) is 0 Å². The summed E-state index contributed by atoms with van der Waals surface area (Å²) in [6.07, 6.45) is 0. The van der Waals surface area contributed by atoms with Crippen molar-refractivity contribution < 1.29 is 9.53 Å². The zero-order valence-corrected chi connectivity index (χ0v) is 9.11. The van der Waals surface area contributed by atoms with E-state index in [0.717, 1.165) is 0 Å². The molecule has 4 heteroatoms. The first kappa shape index (κ1) is 10.4. The summed E-state index contributed by atoms with van der Waals surface area (Å²) in [7, 11) is 0. The van der Waals surface area contributed by atoms with Crippen molar-refractivity contribution in [3.63, 3.8) is 0 Å². The van der Waals surface area contributed by atoms with Crippen LogP contribution in [-0.2, 0) is 9.53 Å². The van der Waals surface area contributed by atoms with Crippen LogP contribution in [-0.4, -0.2) is 16.3 Å². The lowest BCUT2D eigenvalue weighted by Crippen LogP contribution is -2.14. The lowest BCUT2D eigenvalue weighted by Gasteiger charge is -2.06. The second-order valence-corrected chi connectivity index (χ2v) is 5.38. The summed E-state index contributed by atoms with van der Waals surface area (Å²) < 4.78 is 4.46. The van der Waals surface area contributed by atoms with Gasteiger partial charge < -0.3 is 4.74 Å². The topological polar surface area (TPSA) is 26.3 Å². The molecule has 0 aromatic carbocycles. The number of ether oxygens (including phenoxy) is 1. The monoisotopic (exact) mass is 272 g/mol. The maximum atomic E-state index is 10.7. The summed E-state index contributed by atoms with van der Waals surface area (Å²) in [5, 5.41) is 0. The smallest absolute Gasteiger partial charge is 0.330 e. The highest BCUT2D eigenvalue weighted by atomic mass is 79.9. The van der Waals surface area contributed by atoms with E-state index in [0.29, 0.717) is 12.5 Å². The molecule has 0 N–H and O–H groups in total. The molecule has 2 nitrogen and oxygen atoms in total. The van der Waals surface area contributed by atoms with Crippen LogP contribution in [0.3, 0.4) is 0 Å². The van der Waals surface area contributed by atoms with E-state index >= 15 is 0 Å². The Kier molecular flexibility index (Phi) is 5.35. The van der Waals surface area contributed by atoms with Crippen LogP contribution in [0.5, 0.6) is 0 Å². The summed E-state index contributed by atoms with van der Waals surface area (Å²) in [5.41, 5.74) is 0. The predicted octanol–water partition coefficient (Wildman–Crippen LogP) is 2.30. The van der Waals surface area contributed by atoms with E-state index in [1.165, 1.54) is 0 Å². The first-order valence-electron chi connectivity index (χ1n) is 2.98. The number of hydrogen-bond donors (Lipinski definition) is 0. The van der Waals surface area contributed by atoms with E-state index < -0.39 is 0 Å². The fourth-order valence-electron chi connectivity index (χ4n) is 0.312. The molecule has 0 aliphatic heterocycles. The summed E-state index contributed by atoms with van der Waals surface area (Å²) >= 11 is 6.06.